The van der Waals surface area contributed by atoms with Crippen molar-refractivity contribution in [2.75, 3.05) is 5.75 Å². The van der Waals surface area contributed by atoms with Gasteiger partial charge in [0.05, 0.1) is 11.8 Å². The van der Waals surface area contributed by atoms with E-state index in [0.717, 1.165) is 5.56 Å². The third-order valence-electron chi connectivity index (χ3n) is 2.66. The molecular weight excluding hydrogens is 298 g/mol. The second-order valence-corrected chi connectivity index (χ2v) is 5.59. The van der Waals surface area contributed by atoms with Crippen LogP contribution < -0.4 is 5.32 Å². The van der Waals surface area contributed by atoms with Gasteiger partial charge in [0, 0.05) is 12.1 Å². The van der Waals surface area contributed by atoms with Crippen LogP contribution in [0, 0.1) is 0 Å². The first-order valence-electron chi connectivity index (χ1n) is 5.96. The normalized spacial score (nSPS) is 12.2. The van der Waals surface area contributed by atoms with Gasteiger partial charge >= 0.3 is 0 Å². The molecule has 1 heterocycles. The summed E-state index contributed by atoms with van der Waals surface area (Å²) >= 11 is 7.13. The van der Waals surface area contributed by atoms with Crippen LogP contribution in [-0.2, 0) is 11.8 Å². The van der Waals surface area contributed by atoms with Crippen molar-refractivity contribution in [3.63, 3.8) is 0 Å². The number of rotatable bonds is 5. The molecule has 1 aromatic carbocycles. The van der Waals surface area contributed by atoms with Crippen molar-refractivity contribution in [3.8, 4) is 0 Å². The highest BCUT2D eigenvalue weighted by Crippen LogP contribution is 2.17. The average Bonchev–Trinajstić information content (AvgIpc) is 2.82. The molecule has 0 aliphatic heterocycles. The fraction of sp³-hybridized carbons (Fsp3) is 0.333. The van der Waals surface area contributed by atoms with Crippen LogP contribution >= 0.6 is 23.4 Å². The number of aromatic nitrogens is 4. The first kappa shape index (κ1) is 14.8. The molecule has 0 unspecified atom stereocenters. The molecule has 1 atom stereocenters. The molecule has 106 valence electrons. The third kappa shape index (κ3) is 3.94. The zero-order valence-corrected chi connectivity index (χ0v) is 12.6. The molecule has 0 saturated carbocycles. The Balaban J connectivity index is 1.85. The van der Waals surface area contributed by atoms with Gasteiger partial charge in [-0.2, -0.15) is 0 Å². The molecule has 8 heteroatoms. The van der Waals surface area contributed by atoms with Crippen molar-refractivity contribution in [2.24, 2.45) is 7.05 Å². The van der Waals surface area contributed by atoms with Crippen LogP contribution in [0.15, 0.2) is 29.4 Å². The molecule has 0 aliphatic carbocycles. The first-order valence-corrected chi connectivity index (χ1v) is 7.32. The fourth-order valence-corrected chi connectivity index (χ4v) is 2.38. The largest absolute Gasteiger partial charge is 0.349 e. The van der Waals surface area contributed by atoms with Crippen LogP contribution in [0.1, 0.15) is 18.5 Å². The molecule has 0 radical (unpaired) electrons. The summed E-state index contributed by atoms with van der Waals surface area (Å²) in [6.07, 6.45) is 0. The van der Waals surface area contributed by atoms with Gasteiger partial charge in [0.25, 0.3) is 0 Å². The number of halogens is 1. The van der Waals surface area contributed by atoms with E-state index in [4.69, 9.17) is 11.6 Å². The standard InChI is InChI=1S/C12H14ClN5OS/c1-8(9-3-5-10(13)6-4-9)14-11(19)7-20-12-15-16-17-18(12)2/h3-6,8H,7H2,1-2H3,(H,14,19)/t8-/m0/s1. The van der Waals surface area contributed by atoms with Gasteiger partial charge in [0.2, 0.25) is 11.1 Å². The maximum absolute atomic E-state index is 11.9. The maximum atomic E-state index is 11.9. The van der Waals surface area contributed by atoms with E-state index < -0.39 is 0 Å². The molecule has 6 nitrogen and oxygen atoms in total. The van der Waals surface area contributed by atoms with Crippen molar-refractivity contribution in [1.82, 2.24) is 25.5 Å². The van der Waals surface area contributed by atoms with Crippen LogP contribution in [0.25, 0.3) is 0 Å². The van der Waals surface area contributed by atoms with Crippen LogP contribution in [-0.4, -0.2) is 31.9 Å². The molecular formula is C12H14ClN5OS. The highest BCUT2D eigenvalue weighted by atomic mass is 35.5. The number of carbonyl (C=O) groups is 1. The van der Waals surface area contributed by atoms with E-state index in [1.54, 1.807) is 19.2 Å². The van der Waals surface area contributed by atoms with Gasteiger partial charge in [-0.1, -0.05) is 35.5 Å². The second kappa shape index (κ2) is 6.71. The third-order valence-corrected chi connectivity index (χ3v) is 3.92. The van der Waals surface area contributed by atoms with Crippen molar-refractivity contribution >= 4 is 29.3 Å². The summed E-state index contributed by atoms with van der Waals surface area (Å²) in [6.45, 7) is 1.93. The molecule has 0 bridgehead atoms. The zero-order chi connectivity index (χ0) is 14.5. The number of aryl methyl sites for hydroxylation is 1. The number of carbonyl (C=O) groups excluding carboxylic acids is 1. The minimum absolute atomic E-state index is 0.0690. The Morgan fingerprint density at radius 3 is 2.75 bits per heavy atom. The van der Waals surface area contributed by atoms with Gasteiger partial charge < -0.3 is 5.32 Å². The Kier molecular flexibility index (Phi) is 4.97. The monoisotopic (exact) mass is 311 g/mol. The molecule has 0 spiro atoms. The summed E-state index contributed by atoms with van der Waals surface area (Å²) < 4.78 is 1.53. The minimum Gasteiger partial charge on any atom is -0.349 e. The fourth-order valence-electron chi connectivity index (χ4n) is 1.59. The van der Waals surface area contributed by atoms with Gasteiger partial charge in [-0.25, -0.2) is 4.68 Å². The van der Waals surface area contributed by atoms with Crippen molar-refractivity contribution in [1.29, 1.82) is 0 Å². The Morgan fingerprint density at radius 2 is 2.15 bits per heavy atom. The van der Waals surface area contributed by atoms with Gasteiger partial charge in [0.15, 0.2) is 0 Å². The number of hydrogen-bond donors (Lipinski definition) is 1. The zero-order valence-electron chi connectivity index (χ0n) is 11.1. The predicted octanol–water partition coefficient (Wildman–Crippen LogP) is 1.83. The Bertz CT molecular complexity index is 586. The number of amides is 1. The Labute approximate surface area is 125 Å². The summed E-state index contributed by atoms with van der Waals surface area (Å²) in [7, 11) is 1.73. The van der Waals surface area contributed by atoms with Crippen molar-refractivity contribution in [3.05, 3.63) is 34.9 Å². The lowest BCUT2D eigenvalue weighted by Crippen LogP contribution is -2.28. The molecule has 1 aromatic heterocycles. The topological polar surface area (TPSA) is 72.7 Å². The van der Waals surface area contributed by atoms with E-state index >= 15 is 0 Å². The van der Waals surface area contributed by atoms with E-state index in [2.05, 4.69) is 20.8 Å². The Hall–Kier alpha value is -1.60. The van der Waals surface area contributed by atoms with Crippen molar-refractivity contribution < 1.29 is 4.79 Å². The number of tetrazole rings is 1. The molecule has 1 N–H and O–H groups in total. The van der Waals surface area contributed by atoms with Crippen LogP contribution in [0.4, 0.5) is 0 Å². The molecule has 1 amide bonds. The quantitative estimate of drug-likeness (QED) is 0.853. The summed E-state index contributed by atoms with van der Waals surface area (Å²) in [5.74, 6) is 0.201. The van der Waals surface area contributed by atoms with Gasteiger partial charge in [-0.15, -0.1) is 5.10 Å². The summed E-state index contributed by atoms with van der Waals surface area (Å²) in [6, 6.07) is 7.33. The van der Waals surface area contributed by atoms with Gasteiger partial charge in [0.1, 0.15) is 0 Å². The molecule has 2 aromatic rings. The lowest BCUT2D eigenvalue weighted by Gasteiger charge is -2.14. The lowest BCUT2D eigenvalue weighted by atomic mass is 10.1. The number of nitrogens with one attached hydrogen (secondary N) is 1. The molecule has 0 saturated heterocycles. The van der Waals surface area contributed by atoms with E-state index in [1.807, 2.05) is 19.1 Å². The van der Waals surface area contributed by atoms with Gasteiger partial charge in [-0.3, -0.25) is 4.79 Å². The van der Waals surface area contributed by atoms with Crippen LogP contribution in [0.3, 0.4) is 0 Å². The number of nitrogens with zero attached hydrogens (tertiary/aromatic N) is 4. The van der Waals surface area contributed by atoms with E-state index in [-0.39, 0.29) is 17.7 Å². The first-order chi connectivity index (χ1) is 9.56. The van der Waals surface area contributed by atoms with E-state index in [1.165, 1.54) is 16.4 Å². The molecule has 0 fully saturated rings. The summed E-state index contributed by atoms with van der Waals surface area (Å²) in [4.78, 5) is 11.9. The average molecular weight is 312 g/mol. The van der Waals surface area contributed by atoms with Crippen LogP contribution in [0.5, 0.6) is 0 Å². The van der Waals surface area contributed by atoms with Crippen LogP contribution in [0.2, 0.25) is 5.02 Å². The van der Waals surface area contributed by atoms with Crippen molar-refractivity contribution in [2.45, 2.75) is 18.1 Å². The Morgan fingerprint density at radius 1 is 1.45 bits per heavy atom. The van der Waals surface area contributed by atoms with Gasteiger partial charge in [-0.05, 0) is 35.0 Å². The predicted molar refractivity (Wildman–Crippen MR) is 77.5 cm³/mol. The molecule has 0 aliphatic rings. The minimum atomic E-state index is -0.0713. The van der Waals surface area contributed by atoms with E-state index in [0.29, 0.717) is 10.2 Å². The number of thioether (sulfide) groups is 1. The highest BCUT2D eigenvalue weighted by molar-refractivity contribution is 7.99. The maximum Gasteiger partial charge on any atom is 0.230 e. The SMILES string of the molecule is C[C@H](NC(=O)CSc1nnnn1C)c1ccc(Cl)cc1. The lowest BCUT2D eigenvalue weighted by molar-refractivity contribution is -0.119. The number of benzene rings is 1. The number of hydrogen-bond acceptors (Lipinski definition) is 5. The molecule has 20 heavy (non-hydrogen) atoms. The summed E-state index contributed by atoms with van der Waals surface area (Å²) in [5.41, 5.74) is 1.01. The van der Waals surface area contributed by atoms with E-state index in [9.17, 15) is 4.79 Å². The smallest absolute Gasteiger partial charge is 0.230 e. The highest BCUT2D eigenvalue weighted by Gasteiger charge is 2.11. The second-order valence-electron chi connectivity index (χ2n) is 4.21. The molecule has 2 rings (SSSR count). The summed E-state index contributed by atoms with van der Waals surface area (Å²) in [5, 5.41) is 15.2.